The number of anilines is 1. The molecule has 3 atom stereocenters. The molecule has 278 valence electrons. The number of nitrogens with two attached hydrogens (primary N) is 1. The second-order valence-electron chi connectivity index (χ2n) is 13.0. The Labute approximate surface area is 301 Å². The zero-order valence-electron chi connectivity index (χ0n) is 27.5. The van der Waals surface area contributed by atoms with E-state index in [1.54, 1.807) is 0 Å². The lowest BCUT2D eigenvalue weighted by molar-refractivity contribution is -0.123. The van der Waals surface area contributed by atoms with E-state index in [1.165, 1.54) is 29.9 Å². The summed E-state index contributed by atoms with van der Waals surface area (Å²) in [7, 11) is -2.37. The Morgan fingerprint density at radius 1 is 1.08 bits per heavy atom. The molecule has 1 unspecified atom stereocenters. The number of halogens is 7. The zero-order valence-corrected chi connectivity index (χ0v) is 29.0. The third kappa shape index (κ3) is 6.55. The van der Waals surface area contributed by atoms with Crippen LogP contribution in [0.5, 0.6) is 0 Å². The van der Waals surface area contributed by atoms with Crippen LogP contribution in [0.3, 0.4) is 0 Å². The first kappa shape index (κ1) is 36.2. The second kappa shape index (κ2) is 12.8. The molecule has 0 radical (unpaired) electrons. The molecule has 3 heterocycles. The van der Waals surface area contributed by atoms with Gasteiger partial charge in [-0.3, -0.25) is 28.7 Å². The van der Waals surface area contributed by atoms with E-state index in [0.717, 1.165) is 24.6 Å². The quantitative estimate of drug-likeness (QED) is 0.149. The fourth-order valence-corrected chi connectivity index (χ4v) is 7.82. The highest BCUT2D eigenvalue weighted by atomic mass is 35.5. The summed E-state index contributed by atoms with van der Waals surface area (Å²) in [5, 5.41) is 10.8. The molecule has 1 saturated carbocycles. The van der Waals surface area contributed by atoms with Gasteiger partial charge in [0.05, 0.1) is 39.5 Å². The number of aromatic nitrogens is 5. The van der Waals surface area contributed by atoms with Crippen LogP contribution in [-0.2, 0) is 40.8 Å². The standard InChI is InChI=1S/C33H27ClF6N8O4S/c1-47-28-17(3-4-21(34)25(28)32(45-47)46-53(2,51)52)18-8-14(31(41)50)11-42-26(18)22(7-13-5-15(35)9-16(36)6-13)43-23(49)12-48-29-24(27(44-48)30(37)38)19-10-20(19)33(29,39)40/h3-6,8-9,11,19-20,22,30H,7,10,12H2,1-2H3,(H2,41,50)(H,43,49)(H,45,46)/t19?,20-,22+/m1/s1. The zero-order chi connectivity index (χ0) is 38.3. The Hall–Kier alpha value is -5.17. The lowest BCUT2D eigenvalue weighted by Crippen LogP contribution is -2.35. The number of hydrogen-bond donors (Lipinski definition) is 3. The monoisotopic (exact) mass is 780 g/mol. The molecule has 7 rings (SSSR count). The maximum absolute atomic E-state index is 15.3. The molecule has 0 spiro atoms. The molecule has 5 aromatic rings. The minimum absolute atomic E-state index is 0.0140. The van der Waals surface area contributed by atoms with Gasteiger partial charge in [-0.25, -0.2) is 26.0 Å². The van der Waals surface area contributed by atoms with Crippen LogP contribution in [0, 0.1) is 17.6 Å². The molecule has 2 aliphatic rings. The molecule has 1 fully saturated rings. The van der Waals surface area contributed by atoms with Crippen molar-refractivity contribution in [3.8, 4) is 11.1 Å². The van der Waals surface area contributed by atoms with E-state index in [1.807, 2.05) is 0 Å². The molecule has 2 amide bonds. The summed E-state index contributed by atoms with van der Waals surface area (Å²) in [5.41, 5.74) is 4.16. The largest absolute Gasteiger partial charge is 0.366 e. The molecule has 0 aliphatic heterocycles. The van der Waals surface area contributed by atoms with Crippen LogP contribution in [0.25, 0.3) is 22.0 Å². The highest BCUT2D eigenvalue weighted by molar-refractivity contribution is 7.92. The SMILES string of the molecule is Cn1nc(NS(C)(=O)=O)c2c(Cl)ccc(-c3cc(C(N)=O)cnc3[C@H](Cc3cc(F)cc(F)c3)NC(=O)Cn3nc(C(F)F)c4c3C(F)(F)[C@@H]3CC43)c21. The number of carbonyl (C=O) groups is 2. The fourth-order valence-electron chi connectivity index (χ4n) is 7.08. The van der Waals surface area contributed by atoms with Crippen LogP contribution in [0.15, 0.2) is 42.6 Å². The molecule has 3 aromatic heterocycles. The normalized spacial score (nSPS) is 17.8. The minimum Gasteiger partial charge on any atom is -0.366 e. The summed E-state index contributed by atoms with van der Waals surface area (Å²) >= 11 is 6.51. The average Bonchev–Trinajstić information content (AvgIpc) is 3.59. The fraction of sp³-hybridized carbons (Fsp3) is 0.303. The van der Waals surface area contributed by atoms with Gasteiger partial charge in [-0.2, -0.15) is 19.0 Å². The summed E-state index contributed by atoms with van der Waals surface area (Å²) in [6.07, 6.45) is -1.53. The number of fused-ring (bicyclic) bond motifs is 4. The van der Waals surface area contributed by atoms with Crippen molar-refractivity contribution in [3.63, 3.8) is 0 Å². The predicted octanol–water partition coefficient (Wildman–Crippen LogP) is 5.48. The van der Waals surface area contributed by atoms with Crippen molar-refractivity contribution >= 4 is 50.2 Å². The van der Waals surface area contributed by atoms with Crippen molar-refractivity contribution in [1.82, 2.24) is 29.9 Å². The average molecular weight is 781 g/mol. The van der Waals surface area contributed by atoms with E-state index in [9.17, 15) is 35.6 Å². The van der Waals surface area contributed by atoms with E-state index >= 15 is 8.78 Å². The number of hydrogen-bond acceptors (Lipinski definition) is 7. The first-order valence-corrected chi connectivity index (χ1v) is 18.1. The first-order valence-electron chi connectivity index (χ1n) is 15.8. The predicted molar refractivity (Wildman–Crippen MR) is 179 cm³/mol. The number of nitrogens with zero attached hydrogens (tertiary/aromatic N) is 5. The van der Waals surface area contributed by atoms with Crippen LogP contribution < -0.4 is 15.8 Å². The first-order chi connectivity index (χ1) is 24.8. The van der Waals surface area contributed by atoms with Gasteiger partial charge >= 0.3 is 0 Å². The van der Waals surface area contributed by atoms with Gasteiger partial charge in [0.1, 0.15) is 29.6 Å². The highest BCUT2D eigenvalue weighted by Gasteiger charge is 2.67. The number of benzene rings is 2. The van der Waals surface area contributed by atoms with E-state index in [2.05, 4.69) is 25.2 Å². The van der Waals surface area contributed by atoms with Gasteiger partial charge in [-0.05, 0) is 48.6 Å². The molecule has 20 heteroatoms. The van der Waals surface area contributed by atoms with Crippen LogP contribution >= 0.6 is 11.6 Å². The van der Waals surface area contributed by atoms with Gasteiger partial charge < -0.3 is 11.1 Å². The minimum atomic E-state index is -3.85. The molecule has 4 N–H and O–H groups in total. The number of aryl methyl sites for hydroxylation is 1. The molecule has 53 heavy (non-hydrogen) atoms. The maximum Gasteiger partial charge on any atom is 0.293 e. The Balaban J connectivity index is 1.36. The lowest BCUT2D eigenvalue weighted by Gasteiger charge is -2.23. The second-order valence-corrected chi connectivity index (χ2v) is 15.1. The van der Waals surface area contributed by atoms with Crippen LogP contribution in [0.4, 0.5) is 32.2 Å². The van der Waals surface area contributed by atoms with Crippen molar-refractivity contribution in [1.29, 1.82) is 0 Å². The topological polar surface area (TPSA) is 167 Å². The van der Waals surface area contributed by atoms with Crippen molar-refractivity contribution < 1.29 is 44.3 Å². The van der Waals surface area contributed by atoms with Gasteiger partial charge in [0.25, 0.3) is 12.3 Å². The third-order valence-electron chi connectivity index (χ3n) is 9.20. The number of nitrogens with one attached hydrogen (secondary N) is 2. The van der Waals surface area contributed by atoms with Crippen LogP contribution in [-0.4, -0.2) is 51.0 Å². The van der Waals surface area contributed by atoms with Crippen molar-refractivity contribution in [2.24, 2.45) is 18.7 Å². The van der Waals surface area contributed by atoms with Crippen LogP contribution in [0.2, 0.25) is 5.02 Å². The smallest absolute Gasteiger partial charge is 0.293 e. The van der Waals surface area contributed by atoms with Gasteiger partial charge in [-0.1, -0.05) is 17.7 Å². The van der Waals surface area contributed by atoms with E-state index in [4.69, 9.17) is 17.3 Å². The van der Waals surface area contributed by atoms with E-state index < -0.39 is 81.6 Å². The van der Waals surface area contributed by atoms with Gasteiger partial charge in [0, 0.05) is 41.9 Å². The molecular formula is C33H27ClF6N8O4S. The molecule has 12 nitrogen and oxygen atoms in total. The number of pyridine rings is 1. The van der Waals surface area contributed by atoms with Crippen molar-refractivity contribution in [2.75, 3.05) is 11.0 Å². The highest BCUT2D eigenvalue weighted by Crippen LogP contribution is 2.68. The lowest BCUT2D eigenvalue weighted by atomic mass is 9.93. The summed E-state index contributed by atoms with van der Waals surface area (Å²) in [4.78, 5) is 30.5. The molecule has 0 saturated heterocycles. The maximum atomic E-state index is 15.3. The van der Waals surface area contributed by atoms with E-state index in [0.29, 0.717) is 10.7 Å². The number of sulfonamides is 1. The Kier molecular flexibility index (Phi) is 8.71. The molecular weight excluding hydrogens is 754 g/mol. The number of amides is 2. The van der Waals surface area contributed by atoms with Crippen LogP contribution in [0.1, 0.15) is 63.4 Å². The summed E-state index contributed by atoms with van der Waals surface area (Å²) < 4.78 is 116. The van der Waals surface area contributed by atoms with Crippen molar-refractivity contribution in [2.45, 2.75) is 43.7 Å². The number of primary amides is 1. The summed E-state index contributed by atoms with van der Waals surface area (Å²) in [6, 6.07) is 5.50. The summed E-state index contributed by atoms with van der Waals surface area (Å²) in [5.74, 6) is -9.43. The Morgan fingerprint density at radius 2 is 1.77 bits per heavy atom. The number of rotatable bonds is 11. The number of alkyl halides is 4. The summed E-state index contributed by atoms with van der Waals surface area (Å²) in [6.45, 7) is -0.930. The van der Waals surface area contributed by atoms with Gasteiger partial charge in [0.15, 0.2) is 5.82 Å². The number of carbonyl (C=O) groups excluding carboxylic acids is 2. The molecule has 2 aliphatic carbocycles. The van der Waals surface area contributed by atoms with Crippen molar-refractivity contribution in [3.05, 3.63) is 93.0 Å². The molecule has 0 bridgehead atoms. The van der Waals surface area contributed by atoms with E-state index in [-0.39, 0.29) is 68.1 Å². The molecule has 2 aromatic carbocycles. The Morgan fingerprint density at radius 3 is 2.42 bits per heavy atom. The van der Waals surface area contributed by atoms with Gasteiger partial charge in [-0.15, -0.1) is 0 Å². The Bertz CT molecular complexity index is 2450. The van der Waals surface area contributed by atoms with Gasteiger partial charge in [0.2, 0.25) is 21.8 Å². The third-order valence-corrected chi connectivity index (χ3v) is 10.1.